The van der Waals surface area contributed by atoms with Gasteiger partial charge in [0, 0.05) is 12.8 Å². The molecule has 0 N–H and O–H groups in total. The molecule has 1 aliphatic carbocycles. The van der Waals surface area contributed by atoms with Crippen LogP contribution in [0.1, 0.15) is 49.3 Å². The van der Waals surface area contributed by atoms with Gasteiger partial charge in [0.25, 0.3) is 0 Å². The number of carbonyl (C=O) groups is 1. The molecule has 2 aromatic rings. The van der Waals surface area contributed by atoms with Gasteiger partial charge in [-0.3, -0.25) is 4.79 Å². The number of hydrogen-bond donors (Lipinski definition) is 0. The van der Waals surface area contributed by atoms with Crippen molar-refractivity contribution >= 4 is 16.6 Å². The molecule has 0 spiro atoms. The summed E-state index contributed by atoms with van der Waals surface area (Å²) in [4.78, 5) is 11.6. The first kappa shape index (κ1) is 12.4. The Morgan fingerprint density at radius 3 is 2.79 bits per heavy atom. The predicted octanol–water partition coefficient (Wildman–Crippen LogP) is 4.41. The summed E-state index contributed by atoms with van der Waals surface area (Å²) in [7, 11) is 0. The number of ketones is 1. The van der Waals surface area contributed by atoms with Crippen LogP contribution < -0.4 is 0 Å². The molecule has 1 heteroatoms. The second-order valence-electron chi connectivity index (χ2n) is 5.71. The van der Waals surface area contributed by atoms with Crippen molar-refractivity contribution in [2.45, 2.75) is 45.4 Å². The number of benzene rings is 2. The van der Waals surface area contributed by atoms with Crippen LogP contribution >= 0.6 is 0 Å². The molecule has 2 aromatic carbocycles. The van der Waals surface area contributed by atoms with Crippen molar-refractivity contribution in [1.82, 2.24) is 0 Å². The van der Waals surface area contributed by atoms with Crippen LogP contribution in [0.15, 0.2) is 30.3 Å². The van der Waals surface area contributed by atoms with Gasteiger partial charge < -0.3 is 0 Å². The summed E-state index contributed by atoms with van der Waals surface area (Å²) in [5.74, 6) is 0.969. The Kier molecular flexibility index (Phi) is 3.14. The highest BCUT2D eigenvalue weighted by molar-refractivity contribution is 5.91. The van der Waals surface area contributed by atoms with E-state index in [-0.39, 0.29) is 0 Å². The van der Waals surface area contributed by atoms with Crippen molar-refractivity contribution < 1.29 is 4.79 Å². The van der Waals surface area contributed by atoms with Crippen LogP contribution in [-0.2, 0) is 17.6 Å². The normalized spacial score (nSPS) is 16.4. The van der Waals surface area contributed by atoms with Crippen molar-refractivity contribution in [3.8, 4) is 0 Å². The maximum absolute atomic E-state index is 11.6. The molecule has 3 rings (SSSR count). The van der Waals surface area contributed by atoms with Crippen molar-refractivity contribution in [3.63, 3.8) is 0 Å². The van der Waals surface area contributed by atoms with E-state index < -0.39 is 0 Å². The molecule has 0 heterocycles. The van der Waals surface area contributed by atoms with Gasteiger partial charge in [0.15, 0.2) is 0 Å². The number of aryl methyl sites for hydroxylation is 1. The molecular formula is C18H20O. The lowest BCUT2D eigenvalue weighted by atomic mass is 9.85. The molecule has 1 aliphatic rings. The summed E-state index contributed by atoms with van der Waals surface area (Å²) >= 11 is 0. The molecule has 1 unspecified atom stereocenters. The zero-order valence-electron chi connectivity index (χ0n) is 11.7. The molecule has 19 heavy (non-hydrogen) atoms. The minimum absolute atomic E-state index is 0.380. The maximum Gasteiger partial charge on any atom is 0.137 e. The van der Waals surface area contributed by atoms with Crippen molar-refractivity contribution in [1.29, 1.82) is 0 Å². The van der Waals surface area contributed by atoms with Gasteiger partial charge in [-0.15, -0.1) is 0 Å². The Morgan fingerprint density at radius 2 is 2.00 bits per heavy atom. The summed E-state index contributed by atoms with van der Waals surface area (Å²) in [6, 6.07) is 11.1. The van der Waals surface area contributed by atoms with Crippen LogP contribution in [0.2, 0.25) is 0 Å². The summed E-state index contributed by atoms with van der Waals surface area (Å²) in [5, 5.41) is 2.66. The first-order chi connectivity index (χ1) is 9.19. The van der Waals surface area contributed by atoms with E-state index in [0.717, 1.165) is 12.8 Å². The summed E-state index contributed by atoms with van der Waals surface area (Å²) in [5.41, 5.74) is 4.06. The first-order valence-electron chi connectivity index (χ1n) is 7.25. The van der Waals surface area contributed by atoms with Gasteiger partial charge in [-0.25, -0.2) is 0 Å². The molecule has 0 fully saturated rings. The molecule has 0 amide bonds. The molecule has 1 nitrogen and oxygen atoms in total. The monoisotopic (exact) mass is 252 g/mol. The van der Waals surface area contributed by atoms with Crippen LogP contribution in [0.25, 0.3) is 10.8 Å². The lowest BCUT2D eigenvalue weighted by molar-refractivity contribution is -0.118. The van der Waals surface area contributed by atoms with Gasteiger partial charge in [-0.1, -0.05) is 44.2 Å². The lowest BCUT2D eigenvalue weighted by Gasteiger charge is -2.19. The fraction of sp³-hybridized carbons (Fsp3) is 0.389. The van der Waals surface area contributed by atoms with Gasteiger partial charge in [-0.2, -0.15) is 0 Å². The largest absolute Gasteiger partial charge is 0.299 e. The van der Waals surface area contributed by atoms with Gasteiger partial charge in [0.1, 0.15) is 5.78 Å². The molecule has 0 aliphatic heterocycles. The van der Waals surface area contributed by atoms with E-state index in [0.29, 0.717) is 24.5 Å². The molecule has 1 atom stereocenters. The van der Waals surface area contributed by atoms with Crippen LogP contribution in [0.4, 0.5) is 0 Å². The van der Waals surface area contributed by atoms with Gasteiger partial charge in [-0.05, 0) is 46.2 Å². The molecular weight excluding hydrogens is 232 g/mol. The smallest absolute Gasteiger partial charge is 0.137 e. The Balaban J connectivity index is 2.19. The van der Waals surface area contributed by atoms with E-state index in [4.69, 9.17) is 0 Å². The quantitative estimate of drug-likeness (QED) is 0.773. The van der Waals surface area contributed by atoms with E-state index in [9.17, 15) is 4.79 Å². The topological polar surface area (TPSA) is 17.1 Å². The highest BCUT2D eigenvalue weighted by Gasteiger charge is 2.17. The number of fused-ring (bicyclic) bond motifs is 2. The average molecular weight is 252 g/mol. The number of carbonyl (C=O) groups excluding carboxylic acids is 1. The molecule has 0 radical (unpaired) electrons. The predicted molar refractivity (Wildman–Crippen MR) is 79.7 cm³/mol. The van der Waals surface area contributed by atoms with Gasteiger partial charge in [0.2, 0.25) is 0 Å². The minimum Gasteiger partial charge on any atom is -0.299 e. The van der Waals surface area contributed by atoms with E-state index in [1.54, 1.807) is 0 Å². The Morgan fingerprint density at radius 1 is 1.16 bits per heavy atom. The van der Waals surface area contributed by atoms with E-state index >= 15 is 0 Å². The third-order valence-electron chi connectivity index (χ3n) is 4.44. The minimum atomic E-state index is 0.380. The molecule has 0 saturated heterocycles. The number of rotatable bonds is 2. The SMILES string of the molecule is CCC(C)c1cccc2cc3c(cc12)CCC(=O)C3. The van der Waals surface area contributed by atoms with E-state index in [1.165, 1.54) is 27.5 Å². The van der Waals surface area contributed by atoms with E-state index in [1.807, 2.05) is 0 Å². The molecule has 98 valence electrons. The molecule has 0 bridgehead atoms. The van der Waals surface area contributed by atoms with Gasteiger partial charge >= 0.3 is 0 Å². The zero-order chi connectivity index (χ0) is 13.4. The van der Waals surface area contributed by atoms with Gasteiger partial charge in [0.05, 0.1) is 0 Å². The zero-order valence-corrected chi connectivity index (χ0v) is 11.7. The third-order valence-corrected chi connectivity index (χ3v) is 4.44. The summed E-state index contributed by atoms with van der Waals surface area (Å²) < 4.78 is 0. The third kappa shape index (κ3) is 2.18. The fourth-order valence-corrected chi connectivity index (χ4v) is 3.06. The van der Waals surface area contributed by atoms with Crippen LogP contribution in [-0.4, -0.2) is 5.78 Å². The van der Waals surface area contributed by atoms with Crippen LogP contribution in [0.3, 0.4) is 0 Å². The Bertz CT molecular complexity index is 639. The maximum atomic E-state index is 11.6. The Labute approximate surface area is 114 Å². The van der Waals surface area contributed by atoms with Crippen molar-refractivity contribution in [2.75, 3.05) is 0 Å². The Hall–Kier alpha value is -1.63. The first-order valence-corrected chi connectivity index (χ1v) is 7.25. The lowest BCUT2D eigenvalue weighted by Crippen LogP contribution is -2.13. The van der Waals surface area contributed by atoms with Crippen molar-refractivity contribution in [2.24, 2.45) is 0 Å². The summed E-state index contributed by atoms with van der Waals surface area (Å²) in [6.45, 7) is 4.53. The number of Topliss-reactive ketones (excluding diaryl/α,β-unsaturated/α-hetero) is 1. The second-order valence-corrected chi connectivity index (χ2v) is 5.71. The highest BCUT2D eigenvalue weighted by Crippen LogP contribution is 2.31. The van der Waals surface area contributed by atoms with Crippen LogP contribution in [0.5, 0.6) is 0 Å². The second kappa shape index (κ2) is 4.80. The molecule has 0 aromatic heterocycles. The standard InChI is InChI=1S/C18H20O/c1-3-12(2)17-6-4-5-14-9-15-10-16(19)8-7-13(15)11-18(14)17/h4-6,9,11-12H,3,7-8,10H2,1-2H3. The van der Waals surface area contributed by atoms with Crippen molar-refractivity contribution in [3.05, 3.63) is 47.0 Å². The fourth-order valence-electron chi connectivity index (χ4n) is 3.06. The molecule has 0 saturated carbocycles. The van der Waals surface area contributed by atoms with Crippen LogP contribution in [0, 0.1) is 0 Å². The summed E-state index contributed by atoms with van der Waals surface area (Å²) in [6.07, 6.45) is 3.41. The number of hydrogen-bond acceptors (Lipinski definition) is 1. The average Bonchev–Trinajstić information content (AvgIpc) is 2.43. The van der Waals surface area contributed by atoms with E-state index in [2.05, 4.69) is 44.2 Å². The highest BCUT2D eigenvalue weighted by atomic mass is 16.1.